The van der Waals surface area contributed by atoms with Gasteiger partial charge in [0.2, 0.25) is 0 Å². The number of phenolic OH excluding ortho intramolecular Hbond substituents is 1. The Labute approximate surface area is 112 Å². The maximum absolute atomic E-state index is 10.1. The molecule has 1 aliphatic heterocycles. The Morgan fingerprint density at radius 2 is 2.44 bits per heavy atom. The maximum Gasteiger partial charge on any atom is 0.125 e. The number of aromatic hydroxyl groups is 1. The van der Waals surface area contributed by atoms with Crippen molar-refractivity contribution in [1.29, 1.82) is 0 Å². The molecule has 0 bridgehead atoms. The van der Waals surface area contributed by atoms with E-state index >= 15 is 0 Å². The number of phenols is 1. The SMILES string of the molecule is [2H]C([2H])([2H])N1CCC[C@@H]1Cc1c(C)[nH]c2cccc(O)c12. The van der Waals surface area contributed by atoms with Gasteiger partial charge in [0.1, 0.15) is 5.75 Å². The fourth-order valence-corrected chi connectivity index (χ4v) is 2.97. The molecule has 1 saturated heterocycles. The van der Waals surface area contributed by atoms with Crippen LogP contribution in [0.25, 0.3) is 10.9 Å². The molecular weight excluding hydrogens is 224 g/mol. The molecule has 0 radical (unpaired) electrons. The normalized spacial score (nSPS) is 24.1. The van der Waals surface area contributed by atoms with Gasteiger partial charge in [-0.2, -0.15) is 0 Å². The van der Waals surface area contributed by atoms with Crippen LogP contribution in [0.5, 0.6) is 5.75 Å². The number of rotatable bonds is 2. The first kappa shape index (κ1) is 8.59. The predicted molar refractivity (Wildman–Crippen MR) is 74.1 cm³/mol. The number of hydrogen-bond donors (Lipinski definition) is 2. The molecule has 1 fully saturated rings. The van der Waals surface area contributed by atoms with E-state index in [-0.39, 0.29) is 11.8 Å². The molecule has 2 aromatic rings. The van der Waals surface area contributed by atoms with Crippen molar-refractivity contribution in [1.82, 2.24) is 9.88 Å². The van der Waals surface area contributed by atoms with Crippen LogP contribution in [-0.4, -0.2) is 34.6 Å². The molecule has 1 atom stereocenters. The molecule has 0 unspecified atom stereocenters. The van der Waals surface area contributed by atoms with Crippen molar-refractivity contribution in [3.63, 3.8) is 0 Å². The van der Waals surface area contributed by atoms with Crippen LogP contribution in [0.1, 0.15) is 28.2 Å². The molecule has 0 saturated carbocycles. The zero-order chi connectivity index (χ0) is 15.2. The van der Waals surface area contributed by atoms with Gasteiger partial charge in [0.25, 0.3) is 0 Å². The van der Waals surface area contributed by atoms with E-state index in [1.54, 1.807) is 11.0 Å². The molecule has 18 heavy (non-hydrogen) atoms. The number of aromatic amines is 1. The number of likely N-dealkylation sites (tertiary alicyclic amines) is 1. The average molecular weight is 247 g/mol. The van der Waals surface area contributed by atoms with E-state index in [9.17, 15) is 5.11 Å². The van der Waals surface area contributed by atoms with Crippen LogP contribution in [0.4, 0.5) is 0 Å². The Hall–Kier alpha value is -1.48. The van der Waals surface area contributed by atoms with Gasteiger partial charge >= 0.3 is 0 Å². The Morgan fingerprint density at radius 1 is 1.56 bits per heavy atom. The zero-order valence-corrected chi connectivity index (χ0v) is 10.5. The van der Waals surface area contributed by atoms with E-state index in [1.165, 1.54) is 0 Å². The third kappa shape index (κ3) is 1.79. The van der Waals surface area contributed by atoms with E-state index < -0.39 is 6.98 Å². The molecule has 3 rings (SSSR count). The van der Waals surface area contributed by atoms with Crippen molar-refractivity contribution < 1.29 is 9.22 Å². The summed E-state index contributed by atoms with van der Waals surface area (Å²) in [6.45, 7) is 0.557. The number of benzene rings is 1. The van der Waals surface area contributed by atoms with E-state index in [2.05, 4.69) is 4.98 Å². The van der Waals surface area contributed by atoms with Crippen LogP contribution in [0, 0.1) is 6.92 Å². The summed E-state index contributed by atoms with van der Waals surface area (Å²) in [7, 11) is 0. The molecule has 2 heterocycles. The minimum atomic E-state index is -2.04. The monoisotopic (exact) mass is 247 g/mol. The van der Waals surface area contributed by atoms with Crippen molar-refractivity contribution in [2.45, 2.75) is 32.2 Å². The van der Waals surface area contributed by atoms with E-state index in [0.717, 1.165) is 35.0 Å². The molecule has 0 spiro atoms. The minimum absolute atomic E-state index is 0.00908. The van der Waals surface area contributed by atoms with Crippen molar-refractivity contribution in [3.8, 4) is 5.75 Å². The van der Waals surface area contributed by atoms with Gasteiger partial charge in [0, 0.05) is 26.8 Å². The van der Waals surface area contributed by atoms with E-state index in [1.807, 2.05) is 19.1 Å². The van der Waals surface area contributed by atoms with E-state index in [4.69, 9.17) is 4.11 Å². The second-order valence-corrected chi connectivity index (χ2v) is 5.12. The number of fused-ring (bicyclic) bond motifs is 1. The Kier molecular flexibility index (Phi) is 2.06. The zero-order valence-electron chi connectivity index (χ0n) is 13.5. The van der Waals surface area contributed by atoms with Crippen molar-refractivity contribution in [2.24, 2.45) is 0 Å². The first-order valence-corrected chi connectivity index (χ1v) is 6.44. The number of likely N-dealkylation sites (N-methyl/N-ethyl adjacent to an activating group) is 1. The third-order valence-corrected chi connectivity index (χ3v) is 3.94. The van der Waals surface area contributed by atoms with Gasteiger partial charge in [-0.15, -0.1) is 0 Å². The second kappa shape index (κ2) is 4.32. The number of H-pyrrole nitrogens is 1. The van der Waals surface area contributed by atoms with Crippen LogP contribution >= 0.6 is 0 Å². The smallest absolute Gasteiger partial charge is 0.125 e. The summed E-state index contributed by atoms with van der Waals surface area (Å²) in [6, 6.07) is 5.42. The van der Waals surface area contributed by atoms with Gasteiger partial charge in [0.05, 0.1) is 0 Å². The molecule has 0 amide bonds. The summed E-state index contributed by atoms with van der Waals surface area (Å²) in [5.74, 6) is 0.255. The lowest BCUT2D eigenvalue weighted by atomic mass is 10.0. The molecule has 1 aliphatic rings. The summed E-state index contributed by atoms with van der Waals surface area (Å²) >= 11 is 0. The Balaban J connectivity index is 1.97. The van der Waals surface area contributed by atoms with Crippen LogP contribution in [0.3, 0.4) is 0 Å². The van der Waals surface area contributed by atoms with Crippen molar-refractivity contribution >= 4 is 10.9 Å². The van der Waals surface area contributed by atoms with E-state index in [0.29, 0.717) is 13.0 Å². The molecule has 1 aromatic carbocycles. The highest BCUT2D eigenvalue weighted by molar-refractivity contribution is 5.90. The van der Waals surface area contributed by atoms with Gasteiger partial charge in [-0.3, -0.25) is 0 Å². The van der Waals surface area contributed by atoms with Gasteiger partial charge in [0.15, 0.2) is 0 Å². The molecule has 3 nitrogen and oxygen atoms in total. The van der Waals surface area contributed by atoms with Crippen LogP contribution in [-0.2, 0) is 6.42 Å². The molecule has 0 aliphatic carbocycles. The lowest BCUT2D eigenvalue weighted by Gasteiger charge is -2.19. The summed E-state index contributed by atoms with van der Waals surface area (Å²) in [4.78, 5) is 4.89. The fraction of sp³-hybridized carbons (Fsp3) is 0.467. The lowest BCUT2D eigenvalue weighted by Crippen LogP contribution is -2.26. The molecule has 2 N–H and O–H groups in total. The first-order chi connectivity index (χ1) is 9.88. The standard InChI is InChI=1S/C15H20N2O/c1-10-12(9-11-5-4-8-17(11)2)15-13(16-10)6-3-7-14(15)18/h3,6-7,11,16,18H,4-5,8-9H2,1-2H3/t11-/m1/s1/i2D3. The molecule has 96 valence electrons. The topological polar surface area (TPSA) is 39.3 Å². The third-order valence-electron chi connectivity index (χ3n) is 3.94. The highest BCUT2D eigenvalue weighted by Crippen LogP contribution is 2.32. The number of aryl methyl sites for hydroxylation is 1. The minimum Gasteiger partial charge on any atom is -0.507 e. The van der Waals surface area contributed by atoms with Gasteiger partial charge in [-0.25, -0.2) is 0 Å². The van der Waals surface area contributed by atoms with Gasteiger partial charge < -0.3 is 15.0 Å². The van der Waals surface area contributed by atoms with Crippen LogP contribution < -0.4 is 0 Å². The van der Waals surface area contributed by atoms with Crippen LogP contribution in [0.15, 0.2) is 18.2 Å². The summed E-state index contributed by atoms with van der Waals surface area (Å²) in [5.41, 5.74) is 2.94. The fourth-order valence-electron chi connectivity index (χ4n) is 2.97. The molecule has 1 aromatic heterocycles. The van der Waals surface area contributed by atoms with Crippen molar-refractivity contribution in [2.75, 3.05) is 13.5 Å². The average Bonchev–Trinajstić information content (AvgIpc) is 2.96. The van der Waals surface area contributed by atoms with Crippen LogP contribution in [0.2, 0.25) is 0 Å². The quantitative estimate of drug-likeness (QED) is 0.856. The maximum atomic E-state index is 10.1. The van der Waals surface area contributed by atoms with Gasteiger partial charge in [-0.1, -0.05) is 6.07 Å². The first-order valence-electron chi connectivity index (χ1n) is 7.94. The Bertz CT molecular complexity index is 663. The number of nitrogens with zero attached hydrogens (tertiary/aromatic N) is 1. The van der Waals surface area contributed by atoms with Gasteiger partial charge in [-0.05, 0) is 57.4 Å². The highest BCUT2D eigenvalue weighted by Gasteiger charge is 2.23. The predicted octanol–water partition coefficient (Wildman–Crippen LogP) is 2.82. The second-order valence-electron chi connectivity index (χ2n) is 5.12. The summed E-state index contributed by atoms with van der Waals surface area (Å²) in [5, 5.41) is 10.9. The number of aromatic nitrogens is 1. The number of nitrogens with one attached hydrogen (secondary N) is 1. The molecular formula is C15H20N2O. The largest absolute Gasteiger partial charge is 0.507 e. The summed E-state index contributed by atoms with van der Waals surface area (Å²) < 4.78 is 22.9. The lowest BCUT2D eigenvalue weighted by molar-refractivity contribution is 0.309. The number of hydrogen-bond acceptors (Lipinski definition) is 2. The molecule has 3 heteroatoms. The highest BCUT2D eigenvalue weighted by atomic mass is 16.3. The Morgan fingerprint density at radius 3 is 3.28 bits per heavy atom. The summed E-state index contributed by atoms with van der Waals surface area (Å²) in [6.07, 6.45) is 2.45. The van der Waals surface area contributed by atoms with Crippen molar-refractivity contribution in [3.05, 3.63) is 29.5 Å².